The Hall–Kier alpha value is -1.79. The van der Waals surface area contributed by atoms with Gasteiger partial charge < -0.3 is 11.1 Å². The van der Waals surface area contributed by atoms with Gasteiger partial charge in [0.1, 0.15) is 0 Å². The number of carbonyl (C=O) groups is 2. The summed E-state index contributed by atoms with van der Waals surface area (Å²) in [5.41, 5.74) is 6.21. The van der Waals surface area contributed by atoms with Crippen LogP contribution in [0.3, 0.4) is 0 Å². The number of nitrogens with one attached hydrogen (secondary N) is 1. The van der Waals surface area contributed by atoms with Crippen molar-refractivity contribution in [3.05, 3.63) is 58.6 Å². The number of thioether (sulfide) groups is 1. The van der Waals surface area contributed by atoms with E-state index in [1.54, 1.807) is 24.3 Å². The molecule has 108 valence electrons. The summed E-state index contributed by atoms with van der Waals surface area (Å²) in [6.45, 7) is 0. The number of primary amides is 1. The number of halogens is 1. The molecule has 3 N–H and O–H groups in total. The number of benzene rings is 2. The van der Waals surface area contributed by atoms with Gasteiger partial charge >= 0.3 is 0 Å². The van der Waals surface area contributed by atoms with Gasteiger partial charge in [0.15, 0.2) is 0 Å². The van der Waals surface area contributed by atoms with Crippen LogP contribution in [0.25, 0.3) is 0 Å². The van der Waals surface area contributed by atoms with Crippen molar-refractivity contribution < 1.29 is 9.59 Å². The van der Waals surface area contributed by atoms with Crippen molar-refractivity contribution in [3.63, 3.8) is 0 Å². The van der Waals surface area contributed by atoms with Gasteiger partial charge in [0.05, 0.1) is 5.75 Å². The monoisotopic (exact) mass is 364 g/mol. The zero-order chi connectivity index (χ0) is 15.2. The van der Waals surface area contributed by atoms with Crippen molar-refractivity contribution >= 4 is 45.2 Å². The number of nitrogens with two attached hydrogens (primary N) is 1. The highest BCUT2D eigenvalue weighted by Crippen LogP contribution is 2.20. The summed E-state index contributed by atoms with van der Waals surface area (Å²) >= 11 is 4.82. The van der Waals surface area contributed by atoms with Gasteiger partial charge in [-0.1, -0.05) is 15.9 Å². The van der Waals surface area contributed by atoms with Crippen molar-refractivity contribution in [2.24, 2.45) is 5.73 Å². The maximum atomic E-state index is 11.8. The summed E-state index contributed by atoms with van der Waals surface area (Å²) in [6, 6.07) is 14.2. The fraction of sp³-hybridized carbons (Fsp3) is 0.0667. The standard InChI is InChI=1S/C15H13BrN2O2S/c16-11-3-7-13(8-4-11)21-9-14(19)18-12-5-1-10(2-6-12)15(17)20/h1-8H,9H2,(H2,17,20)(H,18,19). The molecule has 0 aromatic heterocycles. The number of hydrogen-bond acceptors (Lipinski definition) is 3. The number of anilines is 1. The molecule has 2 rings (SSSR count). The predicted molar refractivity (Wildman–Crippen MR) is 88.5 cm³/mol. The van der Waals surface area contributed by atoms with Crippen LogP contribution in [0.4, 0.5) is 5.69 Å². The van der Waals surface area contributed by atoms with Gasteiger partial charge in [-0.2, -0.15) is 0 Å². The number of amides is 2. The van der Waals surface area contributed by atoms with Gasteiger partial charge in [-0.25, -0.2) is 0 Å². The maximum Gasteiger partial charge on any atom is 0.248 e. The molecule has 2 amide bonds. The second-order valence-electron chi connectivity index (χ2n) is 4.23. The molecule has 0 saturated carbocycles. The van der Waals surface area contributed by atoms with Crippen LogP contribution in [-0.4, -0.2) is 17.6 Å². The summed E-state index contributed by atoms with van der Waals surface area (Å²) in [5.74, 6) is -0.271. The molecule has 0 spiro atoms. The Morgan fingerprint density at radius 2 is 1.67 bits per heavy atom. The molecule has 0 radical (unpaired) electrons. The first-order chi connectivity index (χ1) is 10.0. The van der Waals surface area contributed by atoms with E-state index < -0.39 is 5.91 Å². The largest absolute Gasteiger partial charge is 0.366 e. The van der Waals surface area contributed by atoms with Crippen LogP contribution in [0.2, 0.25) is 0 Å². The fourth-order valence-corrected chi connectivity index (χ4v) is 2.56. The van der Waals surface area contributed by atoms with E-state index in [0.29, 0.717) is 17.0 Å². The molecule has 0 bridgehead atoms. The highest BCUT2D eigenvalue weighted by atomic mass is 79.9. The second kappa shape index (κ2) is 7.28. The van der Waals surface area contributed by atoms with Crippen molar-refractivity contribution in [2.75, 3.05) is 11.1 Å². The third-order valence-electron chi connectivity index (χ3n) is 2.64. The minimum atomic E-state index is -0.487. The number of carbonyl (C=O) groups excluding carboxylic acids is 2. The minimum absolute atomic E-state index is 0.102. The molecule has 0 atom stereocenters. The maximum absolute atomic E-state index is 11.8. The SMILES string of the molecule is NC(=O)c1ccc(NC(=O)CSc2ccc(Br)cc2)cc1. The van der Waals surface area contributed by atoms with E-state index in [0.717, 1.165) is 9.37 Å². The quantitative estimate of drug-likeness (QED) is 0.799. The summed E-state index contributed by atoms with van der Waals surface area (Å²) < 4.78 is 1.01. The third-order valence-corrected chi connectivity index (χ3v) is 4.18. The Balaban J connectivity index is 1.86. The molecule has 0 aliphatic heterocycles. The van der Waals surface area contributed by atoms with Gasteiger partial charge in [-0.15, -0.1) is 11.8 Å². The molecule has 0 aliphatic rings. The van der Waals surface area contributed by atoms with E-state index in [2.05, 4.69) is 21.2 Å². The lowest BCUT2D eigenvalue weighted by molar-refractivity contribution is -0.113. The summed E-state index contributed by atoms with van der Waals surface area (Å²) in [7, 11) is 0. The van der Waals surface area contributed by atoms with Crippen molar-refractivity contribution in [3.8, 4) is 0 Å². The van der Waals surface area contributed by atoms with Crippen LogP contribution in [-0.2, 0) is 4.79 Å². The van der Waals surface area contributed by atoms with E-state index >= 15 is 0 Å². The molecule has 21 heavy (non-hydrogen) atoms. The zero-order valence-electron chi connectivity index (χ0n) is 11.0. The molecule has 0 saturated heterocycles. The molecule has 2 aromatic carbocycles. The van der Waals surface area contributed by atoms with E-state index in [1.807, 2.05) is 24.3 Å². The fourth-order valence-electron chi connectivity index (χ4n) is 1.59. The average molecular weight is 365 g/mol. The normalized spacial score (nSPS) is 10.1. The van der Waals surface area contributed by atoms with Gasteiger partial charge in [-0.3, -0.25) is 9.59 Å². The average Bonchev–Trinajstić information content (AvgIpc) is 2.47. The Morgan fingerprint density at radius 1 is 1.05 bits per heavy atom. The van der Waals surface area contributed by atoms with Gasteiger partial charge in [0.25, 0.3) is 0 Å². The third kappa shape index (κ3) is 4.91. The Kier molecular flexibility index (Phi) is 5.41. The zero-order valence-corrected chi connectivity index (χ0v) is 13.4. The van der Waals surface area contributed by atoms with E-state index in [4.69, 9.17) is 5.73 Å². The van der Waals surface area contributed by atoms with Crippen LogP contribution in [0, 0.1) is 0 Å². The molecule has 0 fully saturated rings. The van der Waals surface area contributed by atoms with Crippen LogP contribution < -0.4 is 11.1 Å². The lowest BCUT2D eigenvalue weighted by Gasteiger charge is -2.06. The van der Waals surface area contributed by atoms with Crippen molar-refractivity contribution in [1.29, 1.82) is 0 Å². The van der Waals surface area contributed by atoms with E-state index in [9.17, 15) is 9.59 Å². The van der Waals surface area contributed by atoms with Gasteiger partial charge in [0, 0.05) is 20.6 Å². The molecule has 2 aromatic rings. The first-order valence-corrected chi connectivity index (χ1v) is 7.90. The Morgan fingerprint density at radius 3 is 2.24 bits per heavy atom. The number of rotatable bonds is 5. The predicted octanol–water partition coefficient (Wildman–Crippen LogP) is 3.28. The molecule has 6 heteroatoms. The van der Waals surface area contributed by atoms with Crippen LogP contribution in [0.5, 0.6) is 0 Å². The lowest BCUT2D eigenvalue weighted by Crippen LogP contribution is -2.14. The highest BCUT2D eigenvalue weighted by Gasteiger charge is 2.05. The summed E-state index contributed by atoms with van der Waals surface area (Å²) in [4.78, 5) is 23.8. The molecule has 0 heterocycles. The first-order valence-electron chi connectivity index (χ1n) is 6.12. The Bertz CT molecular complexity index is 642. The molecule has 0 aliphatic carbocycles. The Labute approximate surface area is 135 Å². The van der Waals surface area contributed by atoms with Crippen LogP contribution in [0.1, 0.15) is 10.4 Å². The minimum Gasteiger partial charge on any atom is -0.366 e. The van der Waals surface area contributed by atoms with E-state index in [-0.39, 0.29) is 5.91 Å². The highest BCUT2D eigenvalue weighted by molar-refractivity contribution is 9.10. The lowest BCUT2D eigenvalue weighted by atomic mass is 10.2. The van der Waals surface area contributed by atoms with E-state index in [1.165, 1.54) is 11.8 Å². The molecule has 0 unspecified atom stereocenters. The smallest absolute Gasteiger partial charge is 0.248 e. The first kappa shape index (κ1) is 15.6. The molecule has 4 nitrogen and oxygen atoms in total. The van der Waals surface area contributed by atoms with Gasteiger partial charge in [0.2, 0.25) is 11.8 Å². The van der Waals surface area contributed by atoms with Crippen molar-refractivity contribution in [1.82, 2.24) is 0 Å². The summed E-state index contributed by atoms with van der Waals surface area (Å²) in [5, 5.41) is 2.77. The second-order valence-corrected chi connectivity index (χ2v) is 6.20. The molecular formula is C15H13BrN2O2S. The van der Waals surface area contributed by atoms with Crippen LogP contribution >= 0.6 is 27.7 Å². The summed E-state index contributed by atoms with van der Waals surface area (Å²) in [6.07, 6.45) is 0. The number of hydrogen-bond donors (Lipinski definition) is 2. The van der Waals surface area contributed by atoms with Gasteiger partial charge in [-0.05, 0) is 48.5 Å². The molecular weight excluding hydrogens is 352 g/mol. The van der Waals surface area contributed by atoms with Crippen LogP contribution in [0.15, 0.2) is 57.9 Å². The topological polar surface area (TPSA) is 72.2 Å². The van der Waals surface area contributed by atoms with Crippen molar-refractivity contribution in [2.45, 2.75) is 4.90 Å².